The highest BCUT2D eigenvalue weighted by molar-refractivity contribution is 5.82. The van der Waals surface area contributed by atoms with Crippen LogP contribution in [0.2, 0.25) is 0 Å². The van der Waals surface area contributed by atoms with Crippen LogP contribution in [-0.2, 0) is 4.79 Å². The molecule has 0 spiro atoms. The second-order valence-corrected chi connectivity index (χ2v) is 7.96. The molecular weight excluding hydrogens is 376 g/mol. The third kappa shape index (κ3) is 5.01. The van der Waals surface area contributed by atoms with Gasteiger partial charge in [0.25, 0.3) is 0 Å². The number of nitrogens with zero attached hydrogens (tertiary/aromatic N) is 1. The molecule has 0 saturated heterocycles. The molecule has 1 aromatic heterocycles. The largest absolute Gasteiger partial charge is 0.486 e. The number of nitrogens with one attached hydrogen (secondary N) is 1. The molecule has 1 heterocycles. The van der Waals surface area contributed by atoms with E-state index in [9.17, 15) is 4.79 Å². The van der Waals surface area contributed by atoms with Crippen molar-refractivity contribution in [2.24, 2.45) is 5.92 Å². The van der Waals surface area contributed by atoms with Crippen LogP contribution in [0.15, 0.2) is 42.6 Å². The number of carboxylic acid groups (broad SMARTS) is 1. The average molecular weight is 405 g/mol. The number of H-pyrrole nitrogens is 1. The second kappa shape index (κ2) is 9.49. The summed E-state index contributed by atoms with van der Waals surface area (Å²) in [7, 11) is 0. The fourth-order valence-electron chi connectivity index (χ4n) is 3.73. The van der Waals surface area contributed by atoms with Gasteiger partial charge in [-0.05, 0) is 55.0 Å². The zero-order valence-electron chi connectivity index (χ0n) is 17.9. The highest BCUT2D eigenvalue weighted by atomic mass is 16.5. The fourth-order valence-corrected chi connectivity index (χ4v) is 3.73. The number of benzene rings is 2. The third-order valence-corrected chi connectivity index (χ3v) is 5.21. The summed E-state index contributed by atoms with van der Waals surface area (Å²) in [5.74, 6) is 5.85. The van der Waals surface area contributed by atoms with Gasteiger partial charge in [0.2, 0.25) is 0 Å². The lowest BCUT2D eigenvalue weighted by Crippen LogP contribution is -2.12. The Labute approximate surface area is 177 Å². The highest BCUT2D eigenvalue weighted by Crippen LogP contribution is 2.33. The van der Waals surface area contributed by atoms with E-state index < -0.39 is 5.97 Å². The van der Waals surface area contributed by atoms with E-state index in [1.165, 1.54) is 0 Å². The van der Waals surface area contributed by atoms with Gasteiger partial charge >= 0.3 is 5.97 Å². The van der Waals surface area contributed by atoms with E-state index >= 15 is 0 Å². The summed E-state index contributed by atoms with van der Waals surface area (Å²) in [4.78, 5) is 11.1. The molecule has 5 nitrogen and oxygen atoms in total. The minimum Gasteiger partial charge on any atom is -0.486 e. The molecule has 5 heteroatoms. The summed E-state index contributed by atoms with van der Waals surface area (Å²) in [5.41, 5.74) is 4.21. The van der Waals surface area contributed by atoms with Gasteiger partial charge in [-0.15, -0.1) is 5.92 Å². The van der Waals surface area contributed by atoms with Gasteiger partial charge in [-0.1, -0.05) is 44.0 Å². The first-order valence-electron chi connectivity index (χ1n) is 10.2. The summed E-state index contributed by atoms with van der Waals surface area (Å²) in [6.45, 7) is 8.18. The SMILES string of the molecule is CC#CC(CC(=O)O)c1ccc(OC(CC(C)C)c2ccc3cn[nH]c3c2C)cc1. The minimum atomic E-state index is -0.857. The van der Waals surface area contributed by atoms with Gasteiger partial charge in [-0.25, -0.2) is 0 Å². The third-order valence-electron chi connectivity index (χ3n) is 5.21. The van der Waals surface area contributed by atoms with E-state index in [0.29, 0.717) is 5.92 Å². The Morgan fingerprint density at radius 1 is 1.20 bits per heavy atom. The first kappa shape index (κ1) is 21.4. The Hall–Kier alpha value is -3.26. The molecule has 0 fully saturated rings. The number of fused-ring (bicyclic) bond motifs is 1. The number of aryl methyl sites for hydroxylation is 1. The number of hydrogen-bond donors (Lipinski definition) is 2. The predicted octanol–water partition coefficient (Wildman–Crippen LogP) is 5.62. The maximum Gasteiger partial charge on any atom is 0.304 e. The van der Waals surface area contributed by atoms with Crippen LogP contribution in [0.4, 0.5) is 0 Å². The number of rotatable bonds is 8. The smallest absolute Gasteiger partial charge is 0.304 e. The molecule has 0 aliphatic carbocycles. The van der Waals surface area contributed by atoms with Crippen molar-refractivity contribution in [2.45, 2.75) is 52.6 Å². The van der Waals surface area contributed by atoms with Gasteiger partial charge in [-0.3, -0.25) is 9.89 Å². The Morgan fingerprint density at radius 3 is 2.57 bits per heavy atom. The van der Waals surface area contributed by atoms with Gasteiger partial charge in [0.15, 0.2) is 0 Å². The van der Waals surface area contributed by atoms with E-state index in [-0.39, 0.29) is 18.4 Å². The molecule has 2 N–H and O–H groups in total. The quantitative estimate of drug-likeness (QED) is 0.478. The van der Waals surface area contributed by atoms with Gasteiger partial charge in [0.05, 0.1) is 24.1 Å². The van der Waals surface area contributed by atoms with Crippen molar-refractivity contribution in [3.05, 3.63) is 59.3 Å². The topological polar surface area (TPSA) is 75.2 Å². The fraction of sp³-hybridized carbons (Fsp3) is 0.360. The standard InChI is InChI=1S/C25H28N2O3/c1-5-6-19(14-24(28)29)18-7-10-21(11-8-18)30-23(13-16(2)3)22-12-9-20-15-26-27-25(20)17(22)4/h7-12,15-16,19,23H,13-14H2,1-4H3,(H,26,27)(H,28,29). The summed E-state index contributed by atoms with van der Waals surface area (Å²) in [6.07, 6.45) is 2.61. The molecule has 0 aliphatic heterocycles. The molecule has 0 bridgehead atoms. The first-order chi connectivity index (χ1) is 14.4. The molecule has 0 saturated carbocycles. The molecule has 3 rings (SSSR count). The molecule has 2 atom stereocenters. The van der Waals surface area contributed by atoms with Crippen molar-refractivity contribution in [1.29, 1.82) is 0 Å². The minimum absolute atomic E-state index is 0.0135. The lowest BCUT2D eigenvalue weighted by Gasteiger charge is -2.23. The van der Waals surface area contributed by atoms with Gasteiger partial charge in [0, 0.05) is 5.39 Å². The van der Waals surface area contributed by atoms with Crippen LogP contribution in [0, 0.1) is 24.7 Å². The van der Waals surface area contributed by atoms with E-state index in [4.69, 9.17) is 9.84 Å². The lowest BCUT2D eigenvalue weighted by molar-refractivity contribution is -0.137. The summed E-state index contributed by atoms with van der Waals surface area (Å²) < 4.78 is 6.41. The normalized spacial score (nSPS) is 13.0. The number of hydrogen-bond acceptors (Lipinski definition) is 3. The molecule has 2 aromatic carbocycles. The Balaban J connectivity index is 1.86. The summed E-state index contributed by atoms with van der Waals surface area (Å²) in [5, 5.41) is 17.5. The lowest BCUT2D eigenvalue weighted by atomic mass is 9.94. The van der Waals surface area contributed by atoms with Crippen molar-refractivity contribution in [2.75, 3.05) is 0 Å². The van der Waals surface area contributed by atoms with Crippen molar-refractivity contribution >= 4 is 16.9 Å². The van der Waals surface area contributed by atoms with E-state index in [0.717, 1.165) is 39.8 Å². The van der Waals surface area contributed by atoms with E-state index in [2.05, 4.69) is 54.9 Å². The molecular formula is C25H28N2O3. The molecule has 0 radical (unpaired) electrons. The Morgan fingerprint density at radius 2 is 1.93 bits per heavy atom. The molecule has 0 aliphatic rings. The number of carbonyl (C=O) groups is 1. The molecule has 30 heavy (non-hydrogen) atoms. The summed E-state index contributed by atoms with van der Waals surface area (Å²) >= 11 is 0. The van der Waals surface area contributed by atoms with Crippen molar-refractivity contribution in [3.8, 4) is 17.6 Å². The predicted molar refractivity (Wildman–Crippen MR) is 119 cm³/mol. The number of aromatic amines is 1. The maximum absolute atomic E-state index is 11.1. The van der Waals surface area contributed by atoms with Crippen molar-refractivity contribution in [1.82, 2.24) is 10.2 Å². The molecule has 0 amide bonds. The van der Waals surface area contributed by atoms with Crippen LogP contribution in [-0.4, -0.2) is 21.3 Å². The van der Waals surface area contributed by atoms with Gasteiger partial charge in [-0.2, -0.15) is 5.10 Å². The number of aromatic nitrogens is 2. The second-order valence-electron chi connectivity index (χ2n) is 7.96. The van der Waals surface area contributed by atoms with Crippen LogP contribution < -0.4 is 4.74 Å². The van der Waals surface area contributed by atoms with Crippen LogP contribution in [0.25, 0.3) is 10.9 Å². The Bertz CT molecular complexity index is 1070. The zero-order valence-corrected chi connectivity index (χ0v) is 17.9. The van der Waals surface area contributed by atoms with Crippen LogP contribution in [0.3, 0.4) is 0 Å². The Kier molecular flexibility index (Phi) is 6.79. The van der Waals surface area contributed by atoms with Crippen LogP contribution in [0.5, 0.6) is 5.75 Å². The average Bonchev–Trinajstić information content (AvgIpc) is 3.17. The summed E-state index contributed by atoms with van der Waals surface area (Å²) in [6, 6.07) is 11.8. The number of aliphatic carboxylic acids is 1. The number of carboxylic acids is 1. The van der Waals surface area contributed by atoms with Crippen LogP contribution in [0.1, 0.15) is 62.3 Å². The number of ether oxygens (including phenoxy) is 1. The van der Waals surface area contributed by atoms with Gasteiger partial charge < -0.3 is 9.84 Å². The van der Waals surface area contributed by atoms with Crippen molar-refractivity contribution in [3.63, 3.8) is 0 Å². The monoisotopic (exact) mass is 404 g/mol. The maximum atomic E-state index is 11.1. The molecule has 2 unspecified atom stereocenters. The van der Waals surface area contributed by atoms with Gasteiger partial charge in [0.1, 0.15) is 11.9 Å². The van der Waals surface area contributed by atoms with E-state index in [1.807, 2.05) is 30.5 Å². The first-order valence-corrected chi connectivity index (χ1v) is 10.2. The van der Waals surface area contributed by atoms with Crippen molar-refractivity contribution < 1.29 is 14.6 Å². The van der Waals surface area contributed by atoms with Crippen LogP contribution >= 0.6 is 0 Å². The highest BCUT2D eigenvalue weighted by Gasteiger charge is 2.20. The van der Waals surface area contributed by atoms with E-state index in [1.54, 1.807) is 6.92 Å². The molecule has 156 valence electrons. The zero-order chi connectivity index (χ0) is 21.7. The molecule has 3 aromatic rings.